The van der Waals surface area contributed by atoms with Gasteiger partial charge in [-0.25, -0.2) is 4.79 Å². The van der Waals surface area contributed by atoms with E-state index in [1.165, 1.54) is 17.0 Å². The molecule has 4 nitrogen and oxygen atoms in total. The molecular formula is C17H18F3N3O. The van der Waals surface area contributed by atoms with Crippen molar-refractivity contribution in [2.24, 2.45) is 0 Å². The molecule has 0 saturated heterocycles. The molecule has 0 aliphatic heterocycles. The van der Waals surface area contributed by atoms with Crippen molar-refractivity contribution < 1.29 is 18.0 Å². The summed E-state index contributed by atoms with van der Waals surface area (Å²) in [6.07, 6.45) is -1.07. The second-order valence-corrected chi connectivity index (χ2v) is 5.50. The standard InChI is InChI=1S/C17H18F3N3O/c1-12(14-7-9-21-10-8-14)22-16(24)23(2)11-13-3-5-15(6-4-13)17(18,19)20/h3-10,12H,11H2,1-2H3,(H,22,24). The van der Waals surface area contributed by atoms with Gasteiger partial charge in [-0.3, -0.25) is 4.98 Å². The first-order valence-electron chi connectivity index (χ1n) is 7.35. The van der Waals surface area contributed by atoms with Crippen molar-refractivity contribution in [2.45, 2.75) is 25.7 Å². The number of urea groups is 1. The average molecular weight is 337 g/mol. The van der Waals surface area contributed by atoms with Crippen LogP contribution >= 0.6 is 0 Å². The number of carbonyl (C=O) groups is 1. The number of rotatable bonds is 4. The summed E-state index contributed by atoms with van der Waals surface area (Å²) in [5.74, 6) is 0. The summed E-state index contributed by atoms with van der Waals surface area (Å²) < 4.78 is 37.6. The van der Waals surface area contributed by atoms with Crippen molar-refractivity contribution in [1.29, 1.82) is 0 Å². The van der Waals surface area contributed by atoms with E-state index in [1.807, 2.05) is 6.92 Å². The molecule has 0 saturated carbocycles. The lowest BCUT2D eigenvalue weighted by atomic mass is 10.1. The van der Waals surface area contributed by atoms with Gasteiger partial charge in [-0.15, -0.1) is 0 Å². The number of pyridine rings is 1. The van der Waals surface area contributed by atoms with Crippen molar-refractivity contribution in [3.63, 3.8) is 0 Å². The monoisotopic (exact) mass is 337 g/mol. The van der Waals surface area contributed by atoms with E-state index in [4.69, 9.17) is 0 Å². The minimum Gasteiger partial charge on any atom is -0.331 e. The fourth-order valence-electron chi connectivity index (χ4n) is 2.18. The van der Waals surface area contributed by atoms with Gasteiger partial charge in [0.2, 0.25) is 0 Å². The Morgan fingerprint density at radius 3 is 2.29 bits per heavy atom. The van der Waals surface area contributed by atoms with Crippen LogP contribution in [0.4, 0.5) is 18.0 Å². The molecular weight excluding hydrogens is 319 g/mol. The highest BCUT2D eigenvalue weighted by atomic mass is 19.4. The maximum Gasteiger partial charge on any atom is 0.416 e. The fraction of sp³-hybridized carbons (Fsp3) is 0.294. The van der Waals surface area contributed by atoms with Crippen molar-refractivity contribution in [3.8, 4) is 0 Å². The van der Waals surface area contributed by atoms with E-state index in [2.05, 4.69) is 10.3 Å². The lowest BCUT2D eigenvalue weighted by molar-refractivity contribution is -0.137. The number of aromatic nitrogens is 1. The van der Waals surface area contributed by atoms with Gasteiger partial charge in [0, 0.05) is 26.0 Å². The summed E-state index contributed by atoms with van der Waals surface area (Å²) in [6, 6.07) is 7.88. The van der Waals surface area contributed by atoms with Crippen LogP contribution in [0, 0.1) is 0 Å². The van der Waals surface area contributed by atoms with Gasteiger partial charge in [-0.1, -0.05) is 12.1 Å². The molecule has 1 aromatic heterocycles. The minimum absolute atomic E-state index is 0.199. The molecule has 1 heterocycles. The van der Waals surface area contributed by atoms with E-state index >= 15 is 0 Å². The van der Waals surface area contributed by atoms with Crippen LogP contribution in [0.1, 0.15) is 29.7 Å². The first-order chi connectivity index (χ1) is 11.3. The zero-order valence-corrected chi connectivity index (χ0v) is 13.3. The lowest BCUT2D eigenvalue weighted by Crippen LogP contribution is -2.38. The van der Waals surface area contributed by atoms with Crippen molar-refractivity contribution in [2.75, 3.05) is 7.05 Å². The molecule has 2 amide bonds. The molecule has 0 radical (unpaired) electrons. The number of hydrogen-bond acceptors (Lipinski definition) is 2. The van der Waals surface area contributed by atoms with E-state index in [9.17, 15) is 18.0 Å². The molecule has 0 spiro atoms. The Morgan fingerprint density at radius 2 is 1.75 bits per heavy atom. The zero-order valence-electron chi connectivity index (χ0n) is 13.3. The molecule has 0 aliphatic carbocycles. The molecule has 0 fully saturated rings. The smallest absolute Gasteiger partial charge is 0.331 e. The predicted octanol–water partition coefficient (Wildman–Crippen LogP) is 4.00. The Balaban J connectivity index is 1.94. The molecule has 2 aromatic rings. The molecule has 1 aromatic carbocycles. The van der Waals surface area contributed by atoms with Crippen molar-refractivity contribution in [1.82, 2.24) is 15.2 Å². The predicted molar refractivity (Wildman–Crippen MR) is 84.1 cm³/mol. The second kappa shape index (κ2) is 7.33. The third kappa shape index (κ3) is 4.71. The van der Waals surface area contributed by atoms with Gasteiger partial charge in [0.05, 0.1) is 11.6 Å². The van der Waals surface area contributed by atoms with Gasteiger partial charge in [-0.2, -0.15) is 13.2 Å². The summed E-state index contributed by atoms with van der Waals surface area (Å²) in [7, 11) is 1.59. The van der Waals surface area contributed by atoms with Gasteiger partial charge in [0.25, 0.3) is 0 Å². The summed E-state index contributed by atoms with van der Waals surface area (Å²) in [5.41, 5.74) is 0.836. The van der Waals surface area contributed by atoms with E-state index in [-0.39, 0.29) is 18.6 Å². The van der Waals surface area contributed by atoms with Gasteiger partial charge in [0.15, 0.2) is 0 Å². The van der Waals surface area contributed by atoms with Crippen LogP contribution in [0.15, 0.2) is 48.8 Å². The number of nitrogens with one attached hydrogen (secondary N) is 1. The van der Waals surface area contributed by atoms with Crippen LogP contribution in [0.2, 0.25) is 0 Å². The highest BCUT2D eigenvalue weighted by Crippen LogP contribution is 2.29. The number of carbonyl (C=O) groups excluding carboxylic acids is 1. The minimum atomic E-state index is -4.36. The van der Waals surface area contributed by atoms with Crippen LogP contribution in [-0.2, 0) is 12.7 Å². The molecule has 1 unspecified atom stereocenters. The Labute approximate surface area is 138 Å². The highest BCUT2D eigenvalue weighted by Gasteiger charge is 2.30. The van der Waals surface area contributed by atoms with Gasteiger partial charge in [-0.05, 0) is 42.3 Å². The average Bonchev–Trinajstić information content (AvgIpc) is 2.55. The Bertz CT molecular complexity index is 672. The molecule has 1 atom stereocenters. The Morgan fingerprint density at radius 1 is 1.17 bits per heavy atom. The second-order valence-electron chi connectivity index (χ2n) is 5.50. The van der Waals surface area contributed by atoms with E-state index in [1.54, 1.807) is 31.6 Å². The van der Waals surface area contributed by atoms with Crippen LogP contribution in [0.25, 0.3) is 0 Å². The lowest BCUT2D eigenvalue weighted by Gasteiger charge is -2.22. The highest BCUT2D eigenvalue weighted by molar-refractivity contribution is 5.74. The summed E-state index contributed by atoms with van der Waals surface area (Å²) in [5, 5.41) is 2.83. The molecule has 7 heteroatoms. The van der Waals surface area contributed by atoms with Crippen LogP contribution < -0.4 is 5.32 Å². The van der Waals surface area contributed by atoms with E-state index in [0.717, 1.165) is 17.7 Å². The van der Waals surface area contributed by atoms with Gasteiger partial charge in [0.1, 0.15) is 0 Å². The van der Waals surface area contributed by atoms with Crippen LogP contribution in [-0.4, -0.2) is 23.0 Å². The van der Waals surface area contributed by atoms with Crippen LogP contribution in [0.5, 0.6) is 0 Å². The zero-order chi connectivity index (χ0) is 17.7. The van der Waals surface area contributed by atoms with Crippen LogP contribution in [0.3, 0.4) is 0 Å². The first kappa shape index (κ1) is 17.8. The summed E-state index contributed by atoms with van der Waals surface area (Å²) in [6.45, 7) is 2.06. The number of amides is 2. The SMILES string of the molecule is CC(NC(=O)N(C)Cc1ccc(C(F)(F)F)cc1)c1ccncc1. The maximum atomic E-state index is 12.5. The molecule has 2 rings (SSSR count). The number of halogens is 3. The van der Waals surface area contributed by atoms with E-state index in [0.29, 0.717) is 5.56 Å². The van der Waals surface area contributed by atoms with Gasteiger partial charge >= 0.3 is 12.2 Å². The molecule has 24 heavy (non-hydrogen) atoms. The third-order valence-electron chi connectivity index (χ3n) is 3.59. The normalized spacial score (nSPS) is 12.5. The largest absolute Gasteiger partial charge is 0.416 e. The van der Waals surface area contributed by atoms with Gasteiger partial charge < -0.3 is 10.2 Å². The van der Waals surface area contributed by atoms with Crippen molar-refractivity contribution in [3.05, 3.63) is 65.5 Å². The first-order valence-corrected chi connectivity index (χ1v) is 7.35. The van der Waals surface area contributed by atoms with Crippen molar-refractivity contribution >= 4 is 6.03 Å². The fourth-order valence-corrected chi connectivity index (χ4v) is 2.18. The Kier molecular flexibility index (Phi) is 5.43. The topological polar surface area (TPSA) is 45.2 Å². The quantitative estimate of drug-likeness (QED) is 0.916. The Hall–Kier alpha value is -2.57. The van der Waals surface area contributed by atoms with E-state index < -0.39 is 11.7 Å². The summed E-state index contributed by atoms with van der Waals surface area (Å²) >= 11 is 0. The number of hydrogen-bond donors (Lipinski definition) is 1. The molecule has 0 aliphatic rings. The maximum absolute atomic E-state index is 12.5. The number of benzene rings is 1. The third-order valence-corrected chi connectivity index (χ3v) is 3.59. The molecule has 1 N–H and O–H groups in total. The number of alkyl halides is 3. The molecule has 128 valence electrons. The summed E-state index contributed by atoms with van der Waals surface area (Å²) in [4.78, 5) is 17.5. The molecule has 0 bridgehead atoms. The number of nitrogens with zero attached hydrogens (tertiary/aromatic N) is 2.